The molecule has 0 unspecified atom stereocenters. The van der Waals surface area contributed by atoms with Crippen LogP contribution in [0.2, 0.25) is 0 Å². The number of rotatable bonds is 4. The Morgan fingerprint density at radius 1 is 1.24 bits per heavy atom. The van der Waals surface area contributed by atoms with E-state index in [4.69, 9.17) is 0 Å². The van der Waals surface area contributed by atoms with E-state index in [1.54, 1.807) is 24.0 Å². The molecule has 0 bridgehead atoms. The van der Waals surface area contributed by atoms with E-state index in [9.17, 15) is 4.79 Å². The molecule has 0 amide bonds. The van der Waals surface area contributed by atoms with Crippen molar-refractivity contribution in [1.82, 2.24) is 24.1 Å². The van der Waals surface area contributed by atoms with E-state index in [1.807, 2.05) is 23.8 Å². The predicted octanol–water partition coefficient (Wildman–Crippen LogP) is 3.25. The molecular formula is C17H15N5OS2. The van der Waals surface area contributed by atoms with E-state index in [0.29, 0.717) is 10.7 Å². The molecule has 0 spiro atoms. The number of hydrogen-bond donors (Lipinski definition) is 0. The minimum Gasteiger partial charge on any atom is -0.295 e. The lowest BCUT2D eigenvalue weighted by Gasteiger charge is -2.08. The van der Waals surface area contributed by atoms with Crippen LogP contribution in [0.4, 0.5) is 0 Å². The minimum absolute atomic E-state index is 0.146. The Morgan fingerprint density at radius 3 is 2.96 bits per heavy atom. The number of nitrogens with zero attached hydrogens (tertiary/aromatic N) is 5. The fourth-order valence-electron chi connectivity index (χ4n) is 2.54. The third kappa shape index (κ3) is 3.22. The van der Waals surface area contributed by atoms with Gasteiger partial charge in [-0.05, 0) is 31.5 Å². The van der Waals surface area contributed by atoms with Gasteiger partial charge in [0.15, 0.2) is 5.16 Å². The molecule has 0 saturated carbocycles. The van der Waals surface area contributed by atoms with Gasteiger partial charge in [0.05, 0.1) is 5.69 Å². The van der Waals surface area contributed by atoms with Gasteiger partial charge in [0, 0.05) is 29.9 Å². The molecule has 8 heteroatoms. The van der Waals surface area contributed by atoms with Crippen LogP contribution in [-0.2, 0) is 5.75 Å². The quantitative estimate of drug-likeness (QED) is 0.517. The number of fused-ring (bicyclic) bond motifs is 1. The molecule has 0 atom stereocenters. The van der Waals surface area contributed by atoms with Crippen molar-refractivity contribution in [3.8, 4) is 5.69 Å². The number of benzene rings is 1. The molecule has 25 heavy (non-hydrogen) atoms. The highest BCUT2D eigenvalue weighted by atomic mass is 32.2. The highest BCUT2D eigenvalue weighted by Crippen LogP contribution is 2.24. The Hall–Kier alpha value is -2.45. The van der Waals surface area contributed by atoms with Gasteiger partial charge >= 0.3 is 0 Å². The first-order chi connectivity index (χ1) is 12.1. The summed E-state index contributed by atoms with van der Waals surface area (Å²) >= 11 is 2.97. The first-order valence-electron chi connectivity index (χ1n) is 7.70. The molecule has 0 aliphatic carbocycles. The van der Waals surface area contributed by atoms with Gasteiger partial charge in [0.1, 0.15) is 5.01 Å². The van der Waals surface area contributed by atoms with Crippen LogP contribution >= 0.6 is 23.1 Å². The summed E-state index contributed by atoms with van der Waals surface area (Å²) in [6, 6.07) is 9.80. The summed E-state index contributed by atoms with van der Waals surface area (Å²) in [5, 5.41) is 5.85. The first-order valence-corrected chi connectivity index (χ1v) is 9.50. The Morgan fingerprint density at radius 2 is 2.12 bits per heavy atom. The van der Waals surface area contributed by atoms with E-state index in [0.717, 1.165) is 21.5 Å². The van der Waals surface area contributed by atoms with Gasteiger partial charge in [-0.1, -0.05) is 35.2 Å². The zero-order valence-corrected chi connectivity index (χ0v) is 15.3. The first kappa shape index (κ1) is 16.0. The average Bonchev–Trinajstić information content (AvgIpc) is 3.19. The summed E-state index contributed by atoms with van der Waals surface area (Å²) in [5.41, 5.74) is 2.86. The van der Waals surface area contributed by atoms with Crippen molar-refractivity contribution in [3.63, 3.8) is 0 Å². The van der Waals surface area contributed by atoms with Crippen molar-refractivity contribution in [2.75, 3.05) is 0 Å². The summed E-state index contributed by atoms with van der Waals surface area (Å²) in [7, 11) is 0. The summed E-state index contributed by atoms with van der Waals surface area (Å²) in [6.07, 6.45) is 3.72. The van der Waals surface area contributed by atoms with Crippen LogP contribution < -0.4 is 5.56 Å². The Labute approximate surface area is 152 Å². The summed E-state index contributed by atoms with van der Waals surface area (Å²) in [5.74, 6) is 0.575. The van der Waals surface area contributed by atoms with E-state index in [-0.39, 0.29) is 5.56 Å². The molecule has 0 N–H and O–H groups in total. The van der Waals surface area contributed by atoms with E-state index < -0.39 is 0 Å². The monoisotopic (exact) mass is 369 g/mol. The standard InChI is InChI=1S/C17H15N5OS2/c1-11-4-3-5-14(8-11)21-7-6-18-16(21)24-10-13-9-15(23)22-17(19-13)25-12(2)20-22/h3-9H,10H2,1-2H3. The van der Waals surface area contributed by atoms with Gasteiger partial charge in [-0.2, -0.15) is 9.61 Å². The summed E-state index contributed by atoms with van der Waals surface area (Å²) in [4.78, 5) is 21.7. The van der Waals surface area contributed by atoms with Crippen LogP contribution in [-0.4, -0.2) is 24.1 Å². The van der Waals surface area contributed by atoms with Gasteiger partial charge in [-0.25, -0.2) is 9.97 Å². The fourth-order valence-corrected chi connectivity index (χ4v) is 4.17. The molecule has 0 radical (unpaired) electrons. The highest BCUT2D eigenvalue weighted by Gasteiger charge is 2.10. The van der Waals surface area contributed by atoms with Crippen molar-refractivity contribution >= 4 is 28.1 Å². The molecule has 6 nitrogen and oxygen atoms in total. The molecule has 3 aromatic heterocycles. The van der Waals surface area contributed by atoms with Crippen LogP contribution in [0.15, 0.2) is 52.7 Å². The van der Waals surface area contributed by atoms with Crippen LogP contribution in [0.5, 0.6) is 0 Å². The molecule has 0 fully saturated rings. The van der Waals surface area contributed by atoms with E-state index in [2.05, 4.69) is 40.2 Å². The number of imidazole rings is 1. The van der Waals surface area contributed by atoms with Crippen molar-refractivity contribution in [1.29, 1.82) is 0 Å². The van der Waals surface area contributed by atoms with Gasteiger partial charge in [-0.15, -0.1) is 0 Å². The molecule has 4 rings (SSSR count). The zero-order chi connectivity index (χ0) is 17.4. The number of hydrogen-bond acceptors (Lipinski definition) is 6. The highest BCUT2D eigenvalue weighted by molar-refractivity contribution is 7.98. The second kappa shape index (κ2) is 6.45. The van der Waals surface area contributed by atoms with Crippen molar-refractivity contribution < 1.29 is 0 Å². The summed E-state index contributed by atoms with van der Waals surface area (Å²) < 4.78 is 3.39. The molecule has 0 saturated heterocycles. The Kier molecular flexibility index (Phi) is 4.14. The molecule has 3 heterocycles. The zero-order valence-electron chi connectivity index (χ0n) is 13.7. The van der Waals surface area contributed by atoms with Gasteiger partial charge < -0.3 is 0 Å². The number of thioether (sulfide) groups is 1. The van der Waals surface area contributed by atoms with Crippen LogP contribution in [0.1, 0.15) is 16.3 Å². The molecular weight excluding hydrogens is 354 g/mol. The van der Waals surface area contributed by atoms with Crippen molar-refractivity contribution in [2.24, 2.45) is 0 Å². The van der Waals surface area contributed by atoms with Crippen LogP contribution in [0, 0.1) is 13.8 Å². The molecule has 1 aromatic carbocycles. The van der Waals surface area contributed by atoms with Gasteiger partial charge in [0.2, 0.25) is 4.96 Å². The lowest BCUT2D eigenvalue weighted by Crippen LogP contribution is -2.15. The third-order valence-electron chi connectivity index (χ3n) is 3.63. The molecule has 0 aliphatic rings. The minimum atomic E-state index is -0.146. The largest absolute Gasteiger partial charge is 0.295 e. The number of aryl methyl sites for hydroxylation is 2. The maximum atomic E-state index is 12.1. The Balaban J connectivity index is 1.60. The normalized spacial score (nSPS) is 11.3. The SMILES string of the molecule is Cc1cccc(-n2ccnc2SCc2cc(=O)n3nc(C)sc3n2)c1. The summed E-state index contributed by atoms with van der Waals surface area (Å²) in [6.45, 7) is 3.93. The Bertz CT molecular complexity index is 1110. The lowest BCUT2D eigenvalue weighted by atomic mass is 10.2. The second-order valence-electron chi connectivity index (χ2n) is 5.61. The third-order valence-corrected chi connectivity index (χ3v) is 5.46. The van der Waals surface area contributed by atoms with Crippen LogP contribution in [0.25, 0.3) is 10.6 Å². The van der Waals surface area contributed by atoms with Crippen LogP contribution in [0.3, 0.4) is 0 Å². The maximum Gasteiger partial charge on any atom is 0.275 e. The van der Waals surface area contributed by atoms with E-state index >= 15 is 0 Å². The lowest BCUT2D eigenvalue weighted by molar-refractivity contribution is 0.869. The number of aromatic nitrogens is 5. The topological polar surface area (TPSA) is 65.1 Å². The maximum absolute atomic E-state index is 12.1. The average molecular weight is 369 g/mol. The van der Waals surface area contributed by atoms with E-state index in [1.165, 1.54) is 21.4 Å². The van der Waals surface area contributed by atoms with Crippen molar-refractivity contribution in [2.45, 2.75) is 24.8 Å². The predicted molar refractivity (Wildman–Crippen MR) is 99.7 cm³/mol. The van der Waals surface area contributed by atoms with Crippen molar-refractivity contribution in [3.05, 3.63) is 69.3 Å². The molecule has 126 valence electrons. The molecule has 4 aromatic rings. The van der Waals surface area contributed by atoms with Gasteiger partial charge in [-0.3, -0.25) is 9.36 Å². The molecule has 0 aliphatic heterocycles. The smallest absolute Gasteiger partial charge is 0.275 e. The fraction of sp³-hybridized carbons (Fsp3) is 0.176. The van der Waals surface area contributed by atoms with Gasteiger partial charge in [0.25, 0.3) is 5.56 Å². The second-order valence-corrected chi connectivity index (χ2v) is 7.71.